The molecule has 1 aliphatic heterocycles. The number of amides is 1. The highest BCUT2D eigenvalue weighted by Crippen LogP contribution is 2.36. The van der Waals surface area contributed by atoms with Crippen molar-refractivity contribution in [1.29, 1.82) is 0 Å². The van der Waals surface area contributed by atoms with Gasteiger partial charge in [0.2, 0.25) is 5.88 Å². The molecule has 27 heavy (non-hydrogen) atoms. The Kier molecular flexibility index (Phi) is 6.31. The molecule has 1 aliphatic rings. The van der Waals surface area contributed by atoms with Crippen molar-refractivity contribution < 1.29 is 18.3 Å². The average molecular weight is 392 g/mol. The van der Waals surface area contributed by atoms with Crippen LogP contribution in [0.15, 0.2) is 36.5 Å². The standard InChI is InChI=1S/C20H22F2N2O2S/c1-13(2)26-19-6-3-14(12-23-19)20(25)24-8-7-18(27-10-9-24)16-11-15(21)4-5-17(16)22/h3-6,11-13,18H,7-10H2,1-2H3/t18-/m1/s1. The Morgan fingerprint density at radius 1 is 1.26 bits per heavy atom. The maximum absolute atomic E-state index is 14.1. The number of hydrogen-bond acceptors (Lipinski definition) is 4. The number of halogens is 2. The van der Waals surface area contributed by atoms with Gasteiger partial charge >= 0.3 is 0 Å². The van der Waals surface area contributed by atoms with Crippen LogP contribution >= 0.6 is 11.8 Å². The average Bonchev–Trinajstić information content (AvgIpc) is 2.89. The molecule has 4 nitrogen and oxygen atoms in total. The highest BCUT2D eigenvalue weighted by molar-refractivity contribution is 7.99. The van der Waals surface area contributed by atoms with Gasteiger partial charge in [-0.25, -0.2) is 13.8 Å². The molecule has 1 amide bonds. The van der Waals surface area contributed by atoms with Crippen molar-refractivity contribution in [2.24, 2.45) is 0 Å². The molecule has 3 rings (SSSR count). The summed E-state index contributed by atoms with van der Waals surface area (Å²) in [6.45, 7) is 4.86. The molecular formula is C20H22F2N2O2S. The predicted octanol–water partition coefficient (Wildman–Crippen LogP) is 4.47. The van der Waals surface area contributed by atoms with Crippen LogP contribution in [0.2, 0.25) is 0 Å². The van der Waals surface area contributed by atoms with E-state index >= 15 is 0 Å². The van der Waals surface area contributed by atoms with Crippen LogP contribution in [0.5, 0.6) is 5.88 Å². The Labute approximate surface area is 161 Å². The smallest absolute Gasteiger partial charge is 0.255 e. The second-order valence-corrected chi connectivity index (χ2v) is 7.97. The number of rotatable bonds is 4. The fraction of sp³-hybridized carbons (Fsp3) is 0.400. The van der Waals surface area contributed by atoms with Crippen LogP contribution in [0, 0.1) is 11.6 Å². The molecule has 1 fully saturated rings. The van der Waals surface area contributed by atoms with Gasteiger partial charge in [-0.05, 0) is 44.5 Å². The van der Waals surface area contributed by atoms with E-state index in [9.17, 15) is 13.6 Å². The Hall–Kier alpha value is -2.15. The normalized spacial score (nSPS) is 17.7. The minimum atomic E-state index is -0.445. The van der Waals surface area contributed by atoms with Gasteiger partial charge in [-0.15, -0.1) is 0 Å². The third kappa shape index (κ3) is 4.97. The molecule has 1 atom stereocenters. The first-order valence-corrected chi connectivity index (χ1v) is 9.97. The molecule has 1 aromatic heterocycles. The first-order chi connectivity index (χ1) is 12.9. The Morgan fingerprint density at radius 2 is 2.07 bits per heavy atom. The van der Waals surface area contributed by atoms with E-state index in [2.05, 4.69) is 4.98 Å². The summed E-state index contributed by atoms with van der Waals surface area (Å²) < 4.78 is 33.0. The number of carbonyl (C=O) groups is 1. The molecule has 0 N–H and O–H groups in total. The van der Waals surface area contributed by atoms with Crippen LogP contribution in [0.1, 0.15) is 41.4 Å². The molecule has 0 saturated carbocycles. The van der Waals surface area contributed by atoms with Gasteiger partial charge in [0.15, 0.2) is 0 Å². The minimum Gasteiger partial charge on any atom is -0.475 e. The van der Waals surface area contributed by atoms with Gasteiger partial charge in [-0.2, -0.15) is 11.8 Å². The molecule has 2 heterocycles. The zero-order valence-corrected chi connectivity index (χ0v) is 16.1. The molecule has 0 radical (unpaired) electrons. The summed E-state index contributed by atoms with van der Waals surface area (Å²) in [6, 6.07) is 6.92. The first-order valence-electron chi connectivity index (χ1n) is 8.92. The summed E-state index contributed by atoms with van der Waals surface area (Å²) in [5.74, 6) is 0.181. The molecule has 2 aromatic rings. The van der Waals surface area contributed by atoms with E-state index in [0.717, 1.165) is 12.1 Å². The number of ether oxygens (including phenoxy) is 1. The van der Waals surface area contributed by atoms with E-state index in [-0.39, 0.29) is 17.3 Å². The van der Waals surface area contributed by atoms with Gasteiger partial charge < -0.3 is 9.64 Å². The lowest BCUT2D eigenvalue weighted by atomic mass is 10.1. The van der Waals surface area contributed by atoms with Crippen molar-refractivity contribution in [3.05, 3.63) is 59.3 Å². The van der Waals surface area contributed by atoms with Gasteiger partial charge in [0, 0.05) is 41.9 Å². The fourth-order valence-corrected chi connectivity index (χ4v) is 4.23. The first kappa shape index (κ1) is 19.6. The van der Waals surface area contributed by atoms with Crippen LogP contribution in [0.4, 0.5) is 8.78 Å². The van der Waals surface area contributed by atoms with Crippen molar-refractivity contribution in [3.63, 3.8) is 0 Å². The predicted molar refractivity (Wildman–Crippen MR) is 102 cm³/mol. The number of thioether (sulfide) groups is 1. The van der Waals surface area contributed by atoms with E-state index in [1.165, 1.54) is 12.3 Å². The van der Waals surface area contributed by atoms with Crippen LogP contribution < -0.4 is 4.74 Å². The van der Waals surface area contributed by atoms with Gasteiger partial charge in [-0.3, -0.25) is 4.79 Å². The second-order valence-electron chi connectivity index (χ2n) is 6.66. The van der Waals surface area contributed by atoms with E-state index in [1.54, 1.807) is 28.8 Å². The number of pyridine rings is 1. The van der Waals surface area contributed by atoms with Crippen molar-refractivity contribution in [2.75, 3.05) is 18.8 Å². The highest BCUT2D eigenvalue weighted by Gasteiger charge is 2.25. The number of hydrogen-bond donors (Lipinski definition) is 0. The summed E-state index contributed by atoms with van der Waals surface area (Å²) in [5.41, 5.74) is 0.859. The summed E-state index contributed by atoms with van der Waals surface area (Å²) in [6.07, 6.45) is 2.10. The fourth-order valence-electron chi connectivity index (χ4n) is 2.98. The largest absolute Gasteiger partial charge is 0.475 e. The van der Waals surface area contributed by atoms with Crippen molar-refractivity contribution in [1.82, 2.24) is 9.88 Å². The quantitative estimate of drug-likeness (QED) is 0.770. The number of aromatic nitrogens is 1. The summed E-state index contributed by atoms with van der Waals surface area (Å²) in [4.78, 5) is 18.7. The van der Waals surface area contributed by atoms with Crippen molar-refractivity contribution in [3.8, 4) is 5.88 Å². The monoisotopic (exact) mass is 392 g/mol. The third-order valence-electron chi connectivity index (χ3n) is 4.27. The molecule has 7 heteroatoms. The van der Waals surface area contributed by atoms with Gasteiger partial charge in [0.05, 0.1) is 11.7 Å². The van der Waals surface area contributed by atoms with Crippen molar-refractivity contribution >= 4 is 17.7 Å². The number of carbonyl (C=O) groups excluding carboxylic acids is 1. The molecule has 1 aromatic carbocycles. The van der Waals surface area contributed by atoms with E-state index < -0.39 is 11.6 Å². The summed E-state index contributed by atoms with van der Waals surface area (Å²) >= 11 is 1.55. The maximum atomic E-state index is 14.1. The zero-order chi connectivity index (χ0) is 19.4. The minimum absolute atomic E-state index is 0.0156. The second kappa shape index (κ2) is 8.69. The van der Waals surface area contributed by atoms with Gasteiger partial charge in [0.1, 0.15) is 11.6 Å². The topological polar surface area (TPSA) is 42.4 Å². The summed E-state index contributed by atoms with van der Waals surface area (Å²) in [5, 5.41) is -0.168. The van der Waals surface area contributed by atoms with Crippen LogP contribution in [0.3, 0.4) is 0 Å². The van der Waals surface area contributed by atoms with Crippen LogP contribution in [0.25, 0.3) is 0 Å². The molecule has 0 aliphatic carbocycles. The Bertz CT molecular complexity index is 799. The van der Waals surface area contributed by atoms with E-state index in [1.807, 2.05) is 13.8 Å². The Balaban J connectivity index is 1.66. The van der Waals surface area contributed by atoms with Gasteiger partial charge in [-0.1, -0.05) is 0 Å². The highest BCUT2D eigenvalue weighted by atomic mass is 32.2. The lowest BCUT2D eigenvalue weighted by molar-refractivity contribution is 0.0766. The number of nitrogens with zero attached hydrogens (tertiary/aromatic N) is 2. The van der Waals surface area contributed by atoms with Crippen LogP contribution in [-0.4, -0.2) is 40.7 Å². The van der Waals surface area contributed by atoms with E-state index in [0.29, 0.717) is 42.3 Å². The molecular weight excluding hydrogens is 370 g/mol. The van der Waals surface area contributed by atoms with E-state index in [4.69, 9.17) is 4.74 Å². The number of benzene rings is 1. The lowest BCUT2D eigenvalue weighted by Gasteiger charge is -2.20. The maximum Gasteiger partial charge on any atom is 0.255 e. The lowest BCUT2D eigenvalue weighted by Crippen LogP contribution is -2.33. The van der Waals surface area contributed by atoms with Crippen molar-refractivity contribution in [2.45, 2.75) is 31.6 Å². The SMILES string of the molecule is CC(C)Oc1ccc(C(=O)N2CCS[C@@H](c3cc(F)ccc3F)CC2)cn1. The molecule has 0 bridgehead atoms. The molecule has 144 valence electrons. The third-order valence-corrected chi connectivity index (χ3v) is 5.58. The zero-order valence-electron chi connectivity index (χ0n) is 15.3. The Morgan fingerprint density at radius 3 is 2.78 bits per heavy atom. The molecule has 1 saturated heterocycles. The van der Waals surface area contributed by atoms with Crippen LogP contribution in [-0.2, 0) is 0 Å². The molecule has 0 spiro atoms. The molecule has 0 unspecified atom stereocenters. The van der Waals surface area contributed by atoms with Gasteiger partial charge in [0.25, 0.3) is 5.91 Å². The summed E-state index contributed by atoms with van der Waals surface area (Å²) in [7, 11) is 0.